The standard InChI is InChI=1S/C19H26N2O4S/c1-2-3-10-21(17-9-12-26(24,25)14-17)19(23)15-6-4-7-16(13-15)20-11-5-8-18(20)22/h4,6-7,13,17H,2-3,5,8-12,14H2,1H3. The van der Waals surface area contributed by atoms with Crippen molar-refractivity contribution in [1.82, 2.24) is 4.90 Å². The molecule has 0 spiro atoms. The number of hydrogen-bond acceptors (Lipinski definition) is 4. The fourth-order valence-electron chi connectivity index (χ4n) is 3.69. The number of rotatable bonds is 6. The van der Waals surface area contributed by atoms with E-state index in [0.717, 1.165) is 24.9 Å². The summed E-state index contributed by atoms with van der Waals surface area (Å²) in [5.74, 6) is 0.135. The van der Waals surface area contributed by atoms with Crippen LogP contribution in [0.25, 0.3) is 0 Å². The molecule has 0 radical (unpaired) electrons. The van der Waals surface area contributed by atoms with Gasteiger partial charge in [-0.25, -0.2) is 8.42 Å². The van der Waals surface area contributed by atoms with Crippen molar-refractivity contribution in [2.45, 2.75) is 45.1 Å². The number of anilines is 1. The maximum atomic E-state index is 13.1. The van der Waals surface area contributed by atoms with Crippen molar-refractivity contribution in [2.24, 2.45) is 0 Å². The predicted octanol–water partition coefficient (Wildman–Crippen LogP) is 2.24. The summed E-state index contributed by atoms with van der Waals surface area (Å²) in [6.07, 6.45) is 3.65. The molecule has 3 rings (SSSR count). The number of nitrogens with zero attached hydrogens (tertiary/aromatic N) is 2. The molecule has 26 heavy (non-hydrogen) atoms. The van der Waals surface area contributed by atoms with E-state index < -0.39 is 9.84 Å². The molecule has 2 aliphatic heterocycles. The van der Waals surface area contributed by atoms with E-state index >= 15 is 0 Å². The Morgan fingerprint density at radius 1 is 1.35 bits per heavy atom. The van der Waals surface area contributed by atoms with E-state index in [2.05, 4.69) is 0 Å². The largest absolute Gasteiger partial charge is 0.335 e. The minimum atomic E-state index is -3.06. The lowest BCUT2D eigenvalue weighted by Crippen LogP contribution is -2.41. The molecule has 142 valence electrons. The molecule has 6 nitrogen and oxygen atoms in total. The molecule has 1 aromatic carbocycles. The Morgan fingerprint density at radius 3 is 2.77 bits per heavy atom. The van der Waals surface area contributed by atoms with Crippen LogP contribution in [0.2, 0.25) is 0 Å². The number of carbonyl (C=O) groups is 2. The van der Waals surface area contributed by atoms with E-state index in [-0.39, 0.29) is 29.4 Å². The van der Waals surface area contributed by atoms with Crippen molar-refractivity contribution in [1.29, 1.82) is 0 Å². The highest BCUT2D eigenvalue weighted by atomic mass is 32.2. The van der Waals surface area contributed by atoms with Crippen LogP contribution in [0.1, 0.15) is 49.4 Å². The Hall–Kier alpha value is -1.89. The Kier molecular flexibility index (Phi) is 5.65. The van der Waals surface area contributed by atoms with Crippen molar-refractivity contribution in [3.63, 3.8) is 0 Å². The first kappa shape index (κ1) is 18.9. The van der Waals surface area contributed by atoms with Crippen LogP contribution in [0, 0.1) is 0 Å². The van der Waals surface area contributed by atoms with Crippen LogP contribution in [-0.4, -0.2) is 55.8 Å². The molecule has 2 saturated heterocycles. The van der Waals surface area contributed by atoms with Gasteiger partial charge in [0.15, 0.2) is 9.84 Å². The fraction of sp³-hybridized carbons (Fsp3) is 0.579. The summed E-state index contributed by atoms with van der Waals surface area (Å²) >= 11 is 0. The van der Waals surface area contributed by atoms with Crippen LogP contribution >= 0.6 is 0 Å². The highest BCUT2D eigenvalue weighted by Gasteiger charge is 2.35. The van der Waals surface area contributed by atoms with Gasteiger partial charge in [0.05, 0.1) is 11.5 Å². The van der Waals surface area contributed by atoms with Gasteiger partial charge in [0.1, 0.15) is 0 Å². The minimum absolute atomic E-state index is 0.0484. The van der Waals surface area contributed by atoms with E-state index in [1.807, 2.05) is 13.0 Å². The molecule has 1 unspecified atom stereocenters. The summed E-state index contributed by atoms with van der Waals surface area (Å²) in [6.45, 7) is 3.28. The van der Waals surface area contributed by atoms with E-state index in [0.29, 0.717) is 31.5 Å². The molecular weight excluding hydrogens is 352 g/mol. The van der Waals surface area contributed by atoms with Gasteiger partial charge in [-0.05, 0) is 37.5 Å². The normalized spacial score (nSPS) is 22.0. The van der Waals surface area contributed by atoms with Gasteiger partial charge >= 0.3 is 0 Å². The highest BCUT2D eigenvalue weighted by molar-refractivity contribution is 7.91. The molecule has 0 saturated carbocycles. The molecule has 2 aliphatic rings. The quantitative estimate of drug-likeness (QED) is 0.761. The lowest BCUT2D eigenvalue weighted by Gasteiger charge is -2.29. The van der Waals surface area contributed by atoms with E-state index in [9.17, 15) is 18.0 Å². The maximum Gasteiger partial charge on any atom is 0.254 e. The average molecular weight is 378 g/mol. The molecule has 2 amide bonds. The van der Waals surface area contributed by atoms with Gasteiger partial charge in [-0.1, -0.05) is 19.4 Å². The van der Waals surface area contributed by atoms with Crippen LogP contribution in [0.3, 0.4) is 0 Å². The SMILES string of the molecule is CCCCN(C(=O)c1cccc(N2CCCC2=O)c1)C1CCS(=O)(=O)C1. The topological polar surface area (TPSA) is 74.8 Å². The molecule has 1 atom stereocenters. The van der Waals surface area contributed by atoms with Crippen molar-refractivity contribution in [3.05, 3.63) is 29.8 Å². The van der Waals surface area contributed by atoms with Crippen molar-refractivity contribution < 1.29 is 18.0 Å². The van der Waals surface area contributed by atoms with Crippen LogP contribution in [0.15, 0.2) is 24.3 Å². The molecule has 2 heterocycles. The molecule has 0 N–H and O–H groups in total. The summed E-state index contributed by atoms with van der Waals surface area (Å²) in [7, 11) is -3.06. The smallest absolute Gasteiger partial charge is 0.254 e. The summed E-state index contributed by atoms with van der Waals surface area (Å²) < 4.78 is 23.7. The number of benzene rings is 1. The lowest BCUT2D eigenvalue weighted by atomic mass is 10.1. The van der Waals surface area contributed by atoms with Crippen LogP contribution in [0.4, 0.5) is 5.69 Å². The first-order valence-corrected chi connectivity index (χ1v) is 11.2. The predicted molar refractivity (Wildman–Crippen MR) is 101 cm³/mol. The van der Waals surface area contributed by atoms with Crippen LogP contribution in [0.5, 0.6) is 0 Å². The minimum Gasteiger partial charge on any atom is -0.335 e. The summed E-state index contributed by atoms with van der Waals surface area (Å²) in [4.78, 5) is 28.5. The zero-order chi connectivity index (χ0) is 18.7. The van der Waals surface area contributed by atoms with Crippen molar-refractivity contribution >= 4 is 27.3 Å². The highest BCUT2D eigenvalue weighted by Crippen LogP contribution is 2.25. The fourth-order valence-corrected chi connectivity index (χ4v) is 5.42. The third-order valence-electron chi connectivity index (χ3n) is 5.14. The first-order chi connectivity index (χ1) is 12.4. The summed E-state index contributed by atoms with van der Waals surface area (Å²) in [6, 6.07) is 6.88. The van der Waals surface area contributed by atoms with Gasteiger partial charge in [0.2, 0.25) is 5.91 Å². The summed E-state index contributed by atoms with van der Waals surface area (Å²) in [5, 5.41) is 0. The first-order valence-electron chi connectivity index (χ1n) is 9.33. The second-order valence-corrected chi connectivity index (χ2v) is 9.34. The number of sulfone groups is 1. The Bertz CT molecular complexity index is 790. The molecule has 0 aliphatic carbocycles. The molecule has 0 aromatic heterocycles. The van der Waals surface area contributed by atoms with Gasteiger partial charge < -0.3 is 9.80 Å². The average Bonchev–Trinajstić information content (AvgIpc) is 3.20. The lowest BCUT2D eigenvalue weighted by molar-refractivity contribution is -0.117. The monoisotopic (exact) mass is 378 g/mol. The van der Waals surface area contributed by atoms with Gasteiger partial charge in [0, 0.05) is 36.8 Å². The second kappa shape index (κ2) is 7.78. The van der Waals surface area contributed by atoms with Gasteiger partial charge in [-0.2, -0.15) is 0 Å². The third kappa shape index (κ3) is 4.09. The van der Waals surface area contributed by atoms with Gasteiger partial charge in [-0.3, -0.25) is 9.59 Å². The second-order valence-electron chi connectivity index (χ2n) is 7.11. The van der Waals surface area contributed by atoms with Crippen LogP contribution in [-0.2, 0) is 14.6 Å². The Morgan fingerprint density at radius 2 is 2.15 bits per heavy atom. The molecular formula is C19H26N2O4S. The zero-order valence-corrected chi connectivity index (χ0v) is 16.0. The zero-order valence-electron chi connectivity index (χ0n) is 15.2. The number of carbonyl (C=O) groups excluding carboxylic acids is 2. The molecule has 1 aromatic rings. The van der Waals surface area contributed by atoms with Crippen LogP contribution < -0.4 is 4.90 Å². The van der Waals surface area contributed by atoms with Crippen molar-refractivity contribution in [2.75, 3.05) is 29.5 Å². The van der Waals surface area contributed by atoms with E-state index in [4.69, 9.17) is 0 Å². The Balaban J connectivity index is 1.83. The number of amides is 2. The van der Waals surface area contributed by atoms with E-state index in [1.54, 1.807) is 28.0 Å². The molecule has 7 heteroatoms. The van der Waals surface area contributed by atoms with Crippen molar-refractivity contribution in [3.8, 4) is 0 Å². The third-order valence-corrected chi connectivity index (χ3v) is 6.89. The maximum absolute atomic E-state index is 13.1. The molecule has 0 bridgehead atoms. The van der Waals surface area contributed by atoms with Gasteiger partial charge in [-0.15, -0.1) is 0 Å². The number of hydrogen-bond donors (Lipinski definition) is 0. The Labute approximate surface area is 155 Å². The summed E-state index contributed by atoms with van der Waals surface area (Å²) in [5.41, 5.74) is 1.26. The molecule has 2 fully saturated rings. The number of unbranched alkanes of at least 4 members (excludes halogenated alkanes) is 1. The van der Waals surface area contributed by atoms with Gasteiger partial charge in [0.25, 0.3) is 5.91 Å². The van der Waals surface area contributed by atoms with E-state index in [1.165, 1.54) is 0 Å².